The number of hydrogen-bond donors (Lipinski definition) is 2. The maximum absolute atomic E-state index is 11.9. The third-order valence-electron chi connectivity index (χ3n) is 13.4. The molecule has 0 bridgehead atoms. The SMILES string of the molecule is CCCCCCCCCCCCCCCCC/C=C\CCCCCCCCCCCCC(O)C(CCCCCCCCCCCCCCCCCCCCCC)C(=O)O. The fourth-order valence-electron chi connectivity index (χ4n) is 9.20. The summed E-state index contributed by atoms with van der Waals surface area (Å²) in [5.41, 5.74) is 0. The molecule has 2 N–H and O–H groups in total. The van der Waals surface area contributed by atoms with Gasteiger partial charge >= 0.3 is 5.97 Å². The zero-order chi connectivity index (χ0) is 42.8. The first-order chi connectivity index (χ1) is 29.1. The van der Waals surface area contributed by atoms with Crippen LogP contribution >= 0.6 is 0 Å². The Kier molecular flexibility index (Phi) is 50.8. The predicted octanol–water partition coefficient (Wildman–Crippen LogP) is 19.8. The van der Waals surface area contributed by atoms with Gasteiger partial charge in [0, 0.05) is 0 Å². The zero-order valence-corrected chi connectivity index (χ0v) is 40.8. The van der Waals surface area contributed by atoms with Crippen LogP contribution in [0.1, 0.15) is 328 Å². The maximum Gasteiger partial charge on any atom is 0.309 e. The molecule has 0 aliphatic carbocycles. The van der Waals surface area contributed by atoms with E-state index in [1.54, 1.807) is 0 Å². The minimum absolute atomic E-state index is 0.583. The van der Waals surface area contributed by atoms with Crippen LogP contribution in [0.25, 0.3) is 0 Å². The van der Waals surface area contributed by atoms with Crippen LogP contribution in [0.4, 0.5) is 0 Å². The van der Waals surface area contributed by atoms with E-state index in [1.807, 2.05) is 0 Å². The first kappa shape index (κ1) is 58.2. The molecule has 0 heterocycles. The van der Waals surface area contributed by atoms with Crippen LogP contribution in [-0.4, -0.2) is 22.3 Å². The number of carbonyl (C=O) groups is 1. The smallest absolute Gasteiger partial charge is 0.309 e. The van der Waals surface area contributed by atoms with Gasteiger partial charge < -0.3 is 10.2 Å². The van der Waals surface area contributed by atoms with E-state index in [9.17, 15) is 15.0 Å². The Morgan fingerprint density at radius 1 is 0.322 bits per heavy atom. The normalized spacial score (nSPS) is 12.9. The fourth-order valence-corrected chi connectivity index (χ4v) is 9.20. The number of rotatable bonds is 52. The minimum atomic E-state index is -0.804. The van der Waals surface area contributed by atoms with Crippen LogP contribution in [0.5, 0.6) is 0 Å². The van der Waals surface area contributed by atoms with Crippen molar-refractivity contribution in [3.05, 3.63) is 12.2 Å². The van der Waals surface area contributed by atoms with Gasteiger partial charge in [-0.25, -0.2) is 0 Å². The Morgan fingerprint density at radius 3 is 0.763 bits per heavy atom. The van der Waals surface area contributed by atoms with Crippen LogP contribution in [0, 0.1) is 5.92 Å². The average molecular weight is 831 g/mol. The van der Waals surface area contributed by atoms with Crippen molar-refractivity contribution in [1.29, 1.82) is 0 Å². The molecular weight excluding hydrogens is 721 g/mol. The highest BCUT2D eigenvalue weighted by atomic mass is 16.4. The van der Waals surface area contributed by atoms with Crippen LogP contribution in [0.15, 0.2) is 12.2 Å². The molecule has 0 aromatic carbocycles. The lowest BCUT2D eigenvalue weighted by molar-refractivity contribution is -0.146. The molecule has 0 aromatic heterocycles. The van der Waals surface area contributed by atoms with Crippen molar-refractivity contribution in [1.82, 2.24) is 0 Å². The molecule has 0 saturated carbocycles. The van der Waals surface area contributed by atoms with Gasteiger partial charge in [0.05, 0.1) is 12.0 Å². The monoisotopic (exact) mass is 831 g/mol. The lowest BCUT2D eigenvalue weighted by atomic mass is 9.91. The average Bonchev–Trinajstić information content (AvgIpc) is 3.23. The summed E-state index contributed by atoms with van der Waals surface area (Å²) in [5, 5.41) is 20.4. The summed E-state index contributed by atoms with van der Waals surface area (Å²) < 4.78 is 0. The summed E-state index contributed by atoms with van der Waals surface area (Å²) in [6.07, 6.45) is 69.4. The molecule has 0 radical (unpaired) electrons. The van der Waals surface area contributed by atoms with Crippen LogP contribution in [-0.2, 0) is 4.79 Å². The van der Waals surface area contributed by atoms with Crippen molar-refractivity contribution >= 4 is 5.97 Å². The molecule has 3 heteroatoms. The number of allylic oxidation sites excluding steroid dienone is 2. The van der Waals surface area contributed by atoms with E-state index in [4.69, 9.17) is 0 Å². The largest absolute Gasteiger partial charge is 0.481 e. The van der Waals surface area contributed by atoms with Crippen molar-refractivity contribution in [2.45, 2.75) is 335 Å². The molecule has 0 spiro atoms. The van der Waals surface area contributed by atoms with Gasteiger partial charge in [-0.3, -0.25) is 4.79 Å². The van der Waals surface area contributed by atoms with Gasteiger partial charge in [-0.2, -0.15) is 0 Å². The molecular formula is C56H110O3. The van der Waals surface area contributed by atoms with E-state index in [2.05, 4.69) is 26.0 Å². The molecule has 0 fully saturated rings. The Hall–Kier alpha value is -0.830. The van der Waals surface area contributed by atoms with Gasteiger partial charge in [0.15, 0.2) is 0 Å². The highest BCUT2D eigenvalue weighted by molar-refractivity contribution is 5.70. The molecule has 59 heavy (non-hydrogen) atoms. The number of carboxylic acids is 1. The first-order valence-corrected chi connectivity index (χ1v) is 27.7. The number of unbranched alkanes of at least 4 members (excludes halogenated alkanes) is 44. The topological polar surface area (TPSA) is 57.5 Å². The van der Waals surface area contributed by atoms with Crippen molar-refractivity contribution in [2.24, 2.45) is 5.92 Å². The molecule has 0 rings (SSSR count). The quantitative estimate of drug-likeness (QED) is 0.0474. The molecule has 0 aliphatic rings. The van der Waals surface area contributed by atoms with Gasteiger partial charge in [0.2, 0.25) is 0 Å². The fraction of sp³-hybridized carbons (Fsp3) is 0.946. The number of aliphatic hydroxyl groups excluding tert-OH is 1. The van der Waals surface area contributed by atoms with Crippen LogP contribution < -0.4 is 0 Å². The molecule has 352 valence electrons. The van der Waals surface area contributed by atoms with Gasteiger partial charge in [-0.1, -0.05) is 302 Å². The number of aliphatic carboxylic acids is 1. The molecule has 2 atom stereocenters. The van der Waals surface area contributed by atoms with E-state index in [0.29, 0.717) is 12.8 Å². The summed E-state index contributed by atoms with van der Waals surface area (Å²) in [6, 6.07) is 0. The second kappa shape index (κ2) is 51.5. The highest BCUT2D eigenvalue weighted by Gasteiger charge is 2.25. The van der Waals surface area contributed by atoms with Crippen molar-refractivity contribution in [3.63, 3.8) is 0 Å². The molecule has 0 amide bonds. The molecule has 0 saturated heterocycles. The Balaban J connectivity index is 3.43. The van der Waals surface area contributed by atoms with Crippen molar-refractivity contribution in [3.8, 4) is 0 Å². The van der Waals surface area contributed by atoms with E-state index < -0.39 is 18.0 Å². The third kappa shape index (κ3) is 48.1. The highest BCUT2D eigenvalue weighted by Crippen LogP contribution is 2.22. The molecule has 0 aromatic rings. The van der Waals surface area contributed by atoms with Crippen molar-refractivity contribution in [2.75, 3.05) is 0 Å². The Bertz CT molecular complexity index is 807. The second-order valence-corrected chi connectivity index (χ2v) is 19.3. The Morgan fingerprint density at radius 2 is 0.525 bits per heavy atom. The number of carboxylic acid groups (broad SMARTS) is 1. The van der Waals surface area contributed by atoms with Gasteiger partial charge in [0.1, 0.15) is 0 Å². The minimum Gasteiger partial charge on any atom is -0.481 e. The van der Waals surface area contributed by atoms with Crippen molar-refractivity contribution < 1.29 is 15.0 Å². The second-order valence-electron chi connectivity index (χ2n) is 19.3. The summed E-state index contributed by atoms with van der Waals surface area (Å²) in [4.78, 5) is 11.9. The van der Waals surface area contributed by atoms with Gasteiger partial charge in [-0.15, -0.1) is 0 Å². The number of hydrogen-bond acceptors (Lipinski definition) is 2. The summed E-state index contributed by atoms with van der Waals surface area (Å²) >= 11 is 0. The standard InChI is InChI=1S/C56H110O3/c1-3-5-7-9-11-13-15-17-19-21-23-25-26-27-28-29-30-31-32-33-35-37-39-41-43-45-47-49-51-53-55(57)54(56(58)59)52-50-48-46-44-42-40-38-36-34-24-22-20-18-16-14-12-10-8-6-4-2/h30-31,54-55,57H,3-29,32-53H2,1-2H3,(H,58,59)/b31-30-. The summed E-state index contributed by atoms with van der Waals surface area (Å²) in [6.45, 7) is 4.59. The molecule has 3 nitrogen and oxygen atoms in total. The lowest BCUT2D eigenvalue weighted by Crippen LogP contribution is -2.28. The summed E-state index contributed by atoms with van der Waals surface area (Å²) in [7, 11) is 0. The Labute approximate surface area is 372 Å². The van der Waals surface area contributed by atoms with E-state index in [-0.39, 0.29) is 0 Å². The van der Waals surface area contributed by atoms with E-state index in [1.165, 1.54) is 276 Å². The number of aliphatic hydroxyl groups is 1. The van der Waals surface area contributed by atoms with Crippen LogP contribution in [0.3, 0.4) is 0 Å². The van der Waals surface area contributed by atoms with Crippen LogP contribution in [0.2, 0.25) is 0 Å². The van der Waals surface area contributed by atoms with Gasteiger partial charge in [-0.05, 0) is 38.5 Å². The van der Waals surface area contributed by atoms with Gasteiger partial charge in [0.25, 0.3) is 0 Å². The summed E-state index contributed by atoms with van der Waals surface area (Å²) in [5.74, 6) is -1.39. The maximum atomic E-state index is 11.9. The predicted molar refractivity (Wildman–Crippen MR) is 264 cm³/mol. The van der Waals surface area contributed by atoms with E-state index >= 15 is 0 Å². The third-order valence-corrected chi connectivity index (χ3v) is 13.4. The zero-order valence-electron chi connectivity index (χ0n) is 40.8. The first-order valence-electron chi connectivity index (χ1n) is 27.7. The molecule has 2 unspecified atom stereocenters. The molecule has 0 aliphatic heterocycles. The lowest BCUT2D eigenvalue weighted by Gasteiger charge is -2.19. The van der Waals surface area contributed by atoms with E-state index in [0.717, 1.165) is 25.7 Å².